The first-order valence-corrected chi connectivity index (χ1v) is 6.83. The molecule has 2 heterocycles. The Morgan fingerprint density at radius 1 is 1.50 bits per heavy atom. The third kappa shape index (κ3) is 2.82. The quantitative estimate of drug-likeness (QED) is 0.879. The van der Waals surface area contributed by atoms with Crippen LogP contribution in [0.25, 0.3) is 0 Å². The number of likely N-dealkylation sites (tertiary alicyclic amines) is 1. The fraction of sp³-hybridized carbons (Fsp3) is 0.583. The normalized spacial score (nSPS) is 19.0. The Kier molecular flexibility index (Phi) is 4.20. The van der Waals surface area contributed by atoms with Gasteiger partial charge in [0.15, 0.2) is 0 Å². The predicted molar refractivity (Wildman–Crippen MR) is 73.1 cm³/mol. The molecular formula is C12H17Cl2N3O. The maximum Gasteiger partial charge on any atom is 0.270 e. The number of aromatic nitrogens is 1. The summed E-state index contributed by atoms with van der Waals surface area (Å²) < 4.78 is 0. The van der Waals surface area contributed by atoms with Crippen LogP contribution in [0.4, 0.5) is 0 Å². The fourth-order valence-electron chi connectivity index (χ4n) is 2.32. The third-order valence-electron chi connectivity index (χ3n) is 3.53. The number of carbonyl (C=O) groups is 1. The van der Waals surface area contributed by atoms with Crippen molar-refractivity contribution < 1.29 is 4.79 Å². The van der Waals surface area contributed by atoms with Crippen LogP contribution in [0.2, 0.25) is 10.2 Å². The van der Waals surface area contributed by atoms with Crippen molar-refractivity contribution in [2.45, 2.75) is 25.8 Å². The SMILES string of the molecule is CC(N)C1CCN(C(=O)c2cc(Cl)c(Cl)[nH]2)CC1. The zero-order valence-corrected chi connectivity index (χ0v) is 11.8. The first-order valence-electron chi connectivity index (χ1n) is 6.08. The van der Waals surface area contributed by atoms with Crippen LogP contribution < -0.4 is 5.73 Å². The van der Waals surface area contributed by atoms with E-state index in [0.29, 0.717) is 21.8 Å². The van der Waals surface area contributed by atoms with Crippen molar-refractivity contribution in [2.75, 3.05) is 13.1 Å². The zero-order valence-electron chi connectivity index (χ0n) is 10.2. The number of nitrogens with one attached hydrogen (secondary N) is 1. The molecule has 1 fully saturated rings. The third-order valence-corrected chi connectivity index (χ3v) is 4.22. The van der Waals surface area contributed by atoms with Crippen LogP contribution in [-0.4, -0.2) is 34.9 Å². The largest absolute Gasteiger partial charge is 0.340 e. The summed E-state index contributed by atoms with van der Waals surface area (Å²) in [5, 5.41) is 0.691. The molecule has 2 rings (SSSR count). The molecule has 3 N–H and O–H groups in total. The number of hydrogen-bond acceptors (Lipinski definition) is 2. The van der Waals surface area contributed by atoms with Gasteiger partial charge >= 0.3 is 0 Å². The summed E-state index contributed by atoms with van der Waals surface area (Å²) in [7, 11) is 0. The lowest BCUT2D eigenvalue weighted by molar-refractivity contribution is 0.0676. The lowest BCUT2D eigenvalue weighted by Gasteiger charge is -2.33. The van der Waals surface area contributed by atoms with Crippen molar-refractivity contribution in [3.8, 4) is 0 Å². The number of aromatic amines is 1. The van der Waals surface area contributed by atoms with Gasteiger partial charge < -0.3 is 15.6 Å². The Labute approximate surface area is 116 Å². The zero-order chi connectivity index (χ0) is 13.3. The number of amides is 1. The summed E-state index contributed by atoms with van der Waals surface area (Å²) in [4.78, 5) is 16.8. The molecule has 1 saturated heterocycles. The number of H-pyrrole nitrogens is 1. The molecule has 4 nitrogen and oxygen atoms in total. The predicted octanol–water partition coefficient (Wildman–Crippen LogP) is 2.52. The molecule has 1 aromatic rings. The van der Waals surface area contributed by atoms with Gasteiger partial charge in [-0.1, -0.05) is 23.2 Å². The van der Waals surface area contributed by atoms with Crippen LogP contribution in [0.3, 0.4) is 0 Å². The lowest BCUT2D eigenvalue weighted by Crippen LogP contribution is -2.42. The summed E-state index contributed by atoms with van der Waals surface area (Å²) in [6, 6.07) is 1.76. The van der Waals surface area contributed by atoms with Gasteiger partial charge in [0.25, 0.3) is 5.91 Å². The van der Waals surface area contributed by atoms with E-state index in [2.05, 4.69) is 4.98 Å². The molecule has 0 aliphatic carbocycles. The molecular weight excluding hydrogens is 273 g/mol. The molecule has 0 radical (unpaired) electrons. The highest BCUT2D eigenvalue weighted by Crippen LogP contribution is 2.25. The highest BCUT2D eigenvalue weighted by Gasteiger charge is 2.26. The van der Waals surface area contributed by atoms with Crippen molar-refractivity contribution in [1.82, 2.24) is 9.88 Å². The monoisotopic (exact) mass is 289 g/mol. The Morgan fingerprint density at radius 2 is 2.11 bits per heavy atom. The average molecular weight is 290 g/mol. The Morgan fingerprint density at radius 3 is 2.56 bits per heavy atom. The number of carbonyl (C=O) groups excluding carboxylic acids is 1. The van der Waals surface area contributed by atoms with Gasteiger partial charge in [-0.25, -0.2) is 0 Å². The molecule has 6 heteroatoms. The van der Waals surface area contributed by atoms with Crippen LogP contribution in [-0.2, 0) is 0 Å². The minimum Gasteiger partial charge on any atom is -0.340 e. The second-order valence-corrected chi connectivity index (χ2v) is 5.62. The number of halogens is 2. The number of nitrogens with zero attached hydrogens (tertiary/aromatic N) is 1. The van der Waals surface area contributed by atoms with Gasteiger partial charge in [0, 0.05) is 19.1 Å². The first kappa shape index (κ1) is 13.7. The number of nitrogens with two attached hydrogens (primary N) is 1. The highest BCUT2D eigenvalue weighted by molar-refractivity contribution is 6.41. The van der Waals surface area contributed by atoms with E-state index in [1.807, 2.05) is 11.8 Å². The summed E-state index contributed by atoms with van der Waals surface area (Å²) in [5.74, 6) is 0.455. The molecule has 18 heavy (non-hydrogen) atoms. The lowest BCUT2D eigenvalue weighted by atomic mass is 9.91. The standard InChI is InChI=1S/C12H17Cl2N3O/c1-7(15)8-2-4-17(5-3-8)12(18)10-6-9(13)11(14)16-10/h6-8,16H,2-5,15H2,1H3. The first-order chi connectivity index (χ1) is 8.49. The molecule has 1 aromatic heterocycles. The highest BCUT2D eigenvalue weighted by atomic mass is 35.5. The second kappa shape index (κ2) is 5.51. The van der Waals surface area contributed by atoms with E-state index >= 15 is 0 Å². The van der Waals surface area contributed by atoms with Crippen LogP contribution in [0.1, 0.15) is 30.3 Å². The Balaban J connectivity index is 1.99. The number of piperidine rings is 1. The van der Waals surface area contributed by atoms with Crippen LogP contribution >= 0.6 is 23.2 Å². The van der Waals surface area contributed by atoms with E-state index in [1.54, 1.807) is 6.07 Å². The second-order valence-electron chi connectivity index (χ2n) is 4.83. The fourth-order valence-corrected chi connectivity index (χ4v) is 2.63. The average Bonchev–Trinajstić information content (AvgIpc) is 2.69. The van der Waals surface area contributed by atoms with Gasteiger partial charge in [-0.05, 0) is 31.7 Å². The van der Waals surface area contributed by atoms with Gasteiger partial charge in [0.05, 0.1) is 5.02 Å². The van der Waals surface area contributed by atoms with Crippen molar-refractivity contribution in [2.24, 2.45) is 11.7 Å². The summed E-state index contributed by atoms with van der Waals surface area (Å²) >= 11 is 11.6. The molecule has 100 valence electrons. The van der Waals surface area contributed by atoms with Gasteiger partial charge in [0.2, 0.25) is 0 Å². The molecule has 0 bridgehead atoms. The molecule has 1 aliphatic rings. The van der Waals surface area contributed by atoms with E-state index < -0.39 is 0 Å². The van der Waals surface area contributed by atoms with Crippen molar-refractivity contribution in [1.29, 1.82) is 0 Å². The Bertz CT molecular complexity index is 417. The van der Waals surface area contributed by atoms with E-state index in [-0.39, 0.29) is 11.9 Å². The minimum absolute atomic E-state index is 0.0491. The topological polar surface area (TPSA) is 62.1 Å². The van der Waals surface area contributed by atoms with Crippen LogP contribution in [0.5, 0.6) is 0 Å². The van der Waals surface area contributed by atoms with Crippen LogP contribution in [0, 0.1) is 5.92 Å². The van der Waals surface area contributed by atoms with Gasteiger partial charge in [-0.2, -0.15) is 0 Å². The molecule has 1 amide bonds. The summed E-state index contributed by atoms with van der Waals surface area (Å²) in [6.45, 7) is 3.49. The molecule has 0 saturated carbocycles. The summed E-state index contributed by atoms with van der Waals surface area (Å²) in [5.41, 5.74) is 6.33. The van der Waals surface area contributed by atoms with Gasteiger partial charge in [-0.3, -0.25) is 4.79 Å². The van der Waals surface area contributed by atoms with E-state index in [4.69, 9.17) is 28.9 Å². The molecule has 1 atom stereocenters. The van der Waals surface area contributed by atoms with E-state index in [1.165, 1.54) is 0 Å². The Hall–Kier alpha value is -0.710. The number of hydrogen-bond donors (Lipinski definition) is 2. The summed E-state index contributed by atoms with van der Waals surface area (Å²) in [6.07, 6.45) is 1.90. The van der Waals surface area contributed by atoms with E-state index in [9.17, 15) is 4.79 Å². The minimum atomic E-state index is -0.0491. The number of rotatable bonds is 2. The maximum atomic E-state index is 12.2. The van der Waals surface area contributed by atoms with Crippen molar-refractivity contribution in [3.05, 3.63) is 21.9 Å². The van der Waals surface area contributed by atoms with Gasteiger partial charge in [0.1, 0.15) is 10.8 Å². The van der Waals surface area contributed by atoms with Crippen molar-refractivity contribution in [3.63, 3.8) is 0 Å². The van der Waals surface area contributed by atoms with Crippen molar-refractivity contribution >= 4 is 29.1 Å². The molecule has 0 spiro atoms. The van der Waals surface area contributed by atoms with Gasteiger partial charge in [-0.15, -0.1) is 0 Å². The van der Waals surface area contributed by atoms with Crippen LogP contribution in [0.15, 0.2) is 6.07 Å². The molecule has 0 aromatic carbocycles. The maximum absolute atomic E-state index is 12.2. The molecule has 1 aliphatic heterocycles. The smallest absolute Gasteiger partial charge is 0.270 e. The van der Waals surface area contributed by atoms with E-state index in [0.717, 1.165) is 25.9 Å². The molecule has 1 unspecified atom stereocenters.